The molecule has 2 heterocycles. The third-order valence-electron chi connectivity index (χ3n) is 5.24. The molecule has 24 heavy (non-hydrogen) atoms. The Morgan fingerprint density at radius 3 is 2.67 bits per heavy atom. The van der Waals surface area contributed by atoms with Crippen LogP contribution in [-0.2, 0) is 11.2 Å². The van der Waals surface area contributed by atoms with Gasteiger partial charge < -0.3 is 5.32 Å². The van der Waals surface area contributed by atoms with Gasteiger partial charge in [-0.2, -0.15) is 10.1 Å². The second-order valence-electron chi connectivity index (χ2n) is 7.26. The number of fused-ring (bicyclic) bond motifs is 1. The molecule has 0 aliphatic heterocycles. The van der Waals surface area contributed by atoms with Crippen LogP contribution in [0.1, 0.15) is 68.8 Å². The van der Waals surface area contributed by atoms with Crippen LogP contribution in [0, 0.1) is 13.8 Å². The molecule has 0 unspecified atom stereocenters. The monoisotopic (exact) mass is 329 g/mol. The Kier molecular flexibility index (Phi) is 4.83. The van der Waals surface area contributed by atoms with E-state index in [0.29, 0.717) is 18.6 Å². The summed E-state index contributed by atoms with van der Waals surface area (Å²) < 4.78 is 1.74. The predicted octanol–water partition coefficient (Wildman–Crippen LogP) is 2.90. The lowest BCUT2D eigenvalue weighted by Gasteiger charge is -2.29. The van der Waals surface area contributed by atoms with E-state index in [1.54, 1.807) is 4.52 Å². The molecule has 2 aromatic heterocycles. The van der Waals surface area contributed by atoms with Gasteiger partial charge in [-0.15, -0.1) is 0 Å². The van der Waals surface area contributed by atoms with Crippen molar-refractivity contribution in [1.29, 1.82) is 0 Å². The Hall–Kier alpha value is -1.98. The topological polar surface area (TPSA) is 72.2 Å². The van der Waals surface area contributed by atoms with Crippen LogP contribution in [0.3, 0.4) is 0 Å². The molecule has 0 radical (unpaired) electrons. The van der Waals surface area contributed by atoms with Crippen molar-refractivity contribution in [1.82, 2.24) is 24.9 Å². The second kappa shape index (κ2) is 6.87. The summed E-state index contributed by atoms with van der Waals surface area (Å²) in [6.07, 6.45) is 9.84. The van der Waals surface area contributed by atoms with Gasteiger partial charge in [-0.3, -0.25) is 4.79 Å². The molecular formula is C18H27N5O. The largest absolute Gasteiger partial charge is 0.351 e. The van der Waals surface area contributed by atoms with Crippen molar-refractivity contribution >= 4 is 11.7 Å². The zero-order valence-corrected chi connectivity index (χ0v) is 14.9. The number of amides is 1. The average molecular weight is 329 g/mol. The van der Waals surface area contributed by atoms with Crippen molar-refractivity contribution in [2.45, 2.75) is 77.7 Å². The van der Waals surface area contributed by atoms with E-state index in [9.17, 15) is 4.79 Å². The fourth-order valence-electron chi connectivity index (χ4n) is 3.79. The van der Waals surface area contributed by atoms with E-state index in [0.717, 1.165) is 29.8 Å². The molecule has 0 aromatic carbocycles. The van der Waals surface area contributed by atoms with Gasteiger partial charge in [0.05, 0.1) is 0 Å². The minimum atomic E-state index is -0.0359. The van der Waals surface area contributed by atoms with Gasteiger partial charge >= 0.3 is 0 Å². The van der Waals surface area contributed by atoms with Gasteiger partial charge in [-0.25, -0.2) is 9.50 Å². The highest BCUT2D eigenvalue weighted by Gasteiger charge is 2.27. The van der Waals surface area contributed by atoms with Crippen LogP contribution < -0.4 is 5.32 Å². The summed E-state index contributed by atoms with van der Waals surface area (Å²) in [6.45, 7) is 6.17. The van der Waals surface area contributed by atoms with Crippen molar-refractivity contribution < 1.29 is 4.79 Å². The lowest BCUT2D eigenvalue weighted by atomic mass is 9.92. The zero-order chi connectivity index (χ0) is 17.2. The van der Waals surface area contributed by atoms with Crippen molar-refractivity contribution in [3.05, 3.63) is 23.3 Å². The number of hydrogen-bond acceptors (Lipinski definition) is 4. The SMILES string of the molecule is Cc1nc2ncnn2c(C)c1CCC(=O)NC1(C)CCCCCC1. The van der Waals surface area contributed by atoms with Gasteiger partial charge in [0.2, 0.25) is 5.91 Å². The third-order valence-corrected chi connectivity index (χ3v) is 5.24. The molecule has 0 spiro atoms. The molecule has 1 fully saturated rings. The molecule has 0 bridgehead atoms. The van der Waals surface area contributed by atoms with Crippen molar-refractivity contribution in [2.75, 3.05) is 0 Å². The minimum absolute atomic E-state index is 0.0359. The van der Waals surface area contributed by atoms with E-state index >= 15 is 0 Å². The smallest absolute Gasteiger partial charge is 0.252 e. The second-order valence-corrected chi connectivity index (χ2v) is 7.26. The molecule has 1 amide bonds. The molecule has 1 N–H and O–H groups in total. The number of rotatable bonds is 4. The van der Waals surface area contributed by atoms with E-state index in [-0.39, 0.29) is 11.4 Å². The fourth-order valence-corrected chi connectivity index (χ4v) is 3.79. The van der Waals surface area contributed by atoms with E-state index in [1.165, 1.54) is 32.0 Å². The van der Waals surface area contributed by atoms with Gasteiger partial charge in [-0.1, -0.05) is 25.7 Å². The Morgan fingerprint density at radius 2 is 1.96 bits per heavy atom. The summed E-state index contributed by atoms with van der Waals surface area (Å²) in [7, 11) is 0. The van der Waals surface area contributed by atoms with Crippen molar-refractivity contribution in [3.63, 3.8) is 0 Å². The van der Waals surface area contributed by atoms with E-state index in [4.69, 9.17) is 0 Å². The van der Waals surface area contributed by atoms with Crippen LogP contribution >= 0.6 is 0 Å². The van der Waals surface area contributed by atoms with E-state index in [2.05, 4.69) is 27.3 Å². The first-order valence-corrected chi connectivity index (χ1v) is 8.95. The molecule has 6 nitrogen and oxygen atoms in total. The summed E-state index contributed by atoms with van der Waals surface area (Å²) >= 11 is 0. The summed E-state index contributed by atoms with van der Waals surface area (Å²) in [5.74, 6) is 0.751. The molecular weight excluding hydrogens is 302 g/mol. The molecule has 0 saturated heterocycles. The van der Waals surface area contributed by atoms with Crippen molar-refractivity contribution in [2.24, 2.45) is 0 Å². The lowest BCUT2D eigenvalue weighted by molar-refractivity contribution is -0.123. The first-order chi connectivity index (χ1) is 11.5. The average Bonchev–Trinajstić information content (AvgIpc) is 2.89. The standard InChI is InChI=1S/C18H27N5O/c1-13-15(14(2)23-17(21-13)19-12-20-23)8-9-16(24)22-18(3)10-6-4-5-7-11-18/h12H,4-11H2,1-3H3,(H,22,24). The Morgan fingerprint density at radius 1 is 1.25 bits per heavy atom. The molecule has 0 atom stereocenters. The van der Waals surface area contributed by atoms with Gasteiger partial charge in [0.25, 0.3) is 5.78 Å². The molecule has 1 saturated carbocycles. The maximum atomic E-state index is 12.5. The van der Waals surface area contributed by atoms with E-state index in [1.807, 2.05) is 13.8 Å². The molecule has 2 aromatic rings. The van der Waals surface area contributed by atoms with Crippen LogP contribution in [0.2, 0.25) is 0 Å². The maximum absolute atomic E-state index is 12.5. The van der Waals surface area contributed by atoms with Gasteiger partial charge in [-0.05, 0) is 45.6 Å². The lowest BCUT2D eigenvalue weighted by Crippen LogP contribution is -2.45. The number of carbonyl (C=O) groups excluding carboxylic acids is 1. The van der Waals surface area contributed by atoms with Crippen LogP contribution in [0.5, 0.6) is 0 Å². The number of nitrogens with zero attached hydrogens (tertiary/aromatic N) is 4. The molecule has 3 rings (SSSR count). The minimum Gasteiger partial charge on any atom is -0.351 e. The molecule has 6 heteroatoms. The number of nitrogens with one attached hydrogen (secondary N) is 1. The summed E-state index contributed by atoms with van der Waals surface area (Å²) in [6, 6.07) is 0. The predicted molar refractivity (Wildman–Crippen MR) is 92.8 cm³/mol. The summed E-state index contributed by atoms with van der Waals surface area (Å²) in [5.41, 5.74) is 3.00. The van der Waals surface area contributed by atoms with Crippen LogP contribution in [0.25, 0.3) is 5.78 Å². The Balaban J connectivity index is 1.66. The third kappa shape index (κ3) is 3.57. The molecule has 1 aliphatic carbocycles. The number of aromatic nitrogens is 4. The number of hydrogen-bond donors (Lipinski definition) is 1. The Bertz CT molecular complexity index is 728. The normalized spacial score (nSPS) is 17.6. The number of carbonyl (C=O) groups is 1. The van der Waals surface area contributed by atoms with Crippen LogP contribution in [-0.4, -0.2) is 31.0 Å². The highest BCUT2D eigenvalue weighted by atomic mass is 16.1. The summed E-state index contributed by atoms with van der Waals surface area (Å²) in [4.78, 5) is 21.1. The molecule has 1 aliphatic rings. The Labute approximate surface area is 143 Å². The first kappa shape index (κ1) is 16.9. The van der Waals surface area contributed by atoms with Gasteiger partial charge in [0.15, 0.2) is 0 Å². The van der Waals surface area contributed by atoms with Gasteiger partial charge in [0.1, 0.15) is 6.33 Å². The maximum Gasteiger partial charge on any atom is 0.252 e. The zero-order valence-electron chi connectivity index (χ0n) is 14.9. The quantitative estimate of drug-likeness (QED) is 0.876. The van der Waals surface area contributed by atoms with Crippen LogP contribution in [0.4, 0.5) is 0 Å². The molecule has 130 valence electrons. The number of aryl methyl sites for hydroxylation is 2. The highest BCUT2D eigenvalue weighted by Crippen LogP contribution is 2.26. The summed E-state index contributed by atoms with van der Waals surface area (Å²) in [5, 5.41) is 7.49. The highest BCUT2D eigenvalue weighted by molar-refractivity contribution is 5.77. The van der Waals surface area contributed by atoms with Crippen molar-refractivity contribution in [3.8, 4) is 0 Å². The fraction of sp³-hybridized carbons (Fsp3) is 0.667. The van der Waals surface area contributed by atoms with Crippen LogP contribution in [0.15, 0.2) is 6.33 Å². The van der Waals surface area contributed by atoms with E-state index < -0.39 is 0 Å². The first-order valence-electron chi connectivity index (χ1n) is 8.95. The van der Waals surface area contributed by atoms with Gasteiger partial charge in [0, 0.05) is 23.3 Å².